The molecule has 1 unspecified atom stereocenters. The predicted molar refractivity (Wildman–Crippen MR) is 63.2 cm³/mol. The minimum absolute atomic E-state index is 0.836. The van der Waals surface area contributed by atoms with Crippen molar-refractivity contribution in [2.24, 2.45) is 5.92 Å². The van der Waals surface area contributed by atoms with Crippen LogP contribution in [0.5, 0.6) is 0 Å². The van der Waals surface area contributed by atoms with Gasteiger partial charge in [-0.05, 0) is 25.0 Å². The molecule has 0 aromatic carbocycles. The quantitative estimate of drug-likeness (QED) is 0.460. The maximum atomic E-state index is 3.76. The lowest BCUT2D eigenvalue weighted by Gasteiger charge is -2.26. The summed E-state index contributed by atoms with van der Waals surface area (Å²) < 4.78 is 0. The summed E-state index contributed by atoms with van der Waals surface area (Å²) in [4.78, 5) is 2.34. The van der Waals surface area contributed by atoms with Crippen molar-refractivity contribution < 1.29 is 0 Å². The lowest BCUT2D eigenvalue weighted by Crippen LogP contribution is -2.24. The molecule has 1 nitrogen and oxygen atoms in total. The second-order valence-corrected chi connectivity index (χ2v) is 4.17. The van der Waals surface area contributed by atoms with E-state index in [1.54, 1.807) is 0 Å². The SMILES string of the molecule is C=CCN1C=CC(CCCCC)CC1. The summed E-state index contributed by atoms with van der Waals surface area (Å²) in [6, 6.07) is 0. The van der Waals surface area contributed by atoms with E-state index in [1.807, 2.05) is 6.08 Å². The van der Waals surface area contributed by atoms with Gasteiger partial charge in [0.05, 0.1) is 0 Å². The molecule has 0 aromatic rings. The van der Waals surface area contributed by atoms with Crippen LogP contribution in [0.3, 0.4) is 0 Å². The van der Waals surface area contributed by atoms with E-state index in [-0.39, 0.29) is 0 Å². The van der Waals surface area contributed by atoms with Crippen molar-refractivity contribution >= 4 is 0 Å². The molecule has 1 heterocycles. The van der Waals surface area contributed by atoms with Gasteiger partial charge in [0.1, 0.15) is 0 Å². The van der Waals surface area contributed by atoms with Gasteiger partial charge in [0, 0.05) is 13.1 Å². The van der Waals surface area contributed by atoms with Gasteiger partial charge in [-0.15, -0.1) is 6.58 Å². The van der Waals surface area contributed by atoms with E-state index >= 15 is 0 Å². The molecule has 0 amide bonds. The molecule has 1 rings (SSSR count). The van der Waals surface area contributed by atoms with Gasteiger partial charge in [-0.3, -0.25) is 0 Å². The number of hydrogen-bond donors (Lipinski definition) is 0. The summed E-state index contributed by atoms with van der Waals surface area (Å²) in [5.41, 5.74) is 0. The molecule has 0 aliphatic carbocycles. The summed E-state index contributed by atoms with van der Waals surface area (Å²) in [6.45, 7) is 8.23. The second-order valence-electron chi connectivity index (χ2n) is 4.17. The Morgan fingerprint density at radius 3 is 2.93 bits per heavy atom. The number of unbranched alkanes of at least 4 members (excludes halogenated alkanes) is 2. The van der Waals surface area contributed by atoms with Crippen LogP contribution in [0.4, 0.5) is 0 Å². The molecule has 0 bridgehead atoms. The third-order valence-electron chi connectivity index (χ3n) is 2.90. The summed E-state index contributed by atoms with van der Waals surface area (Å²) in [7, 11) is 0. The zero-order chi connectivity index (χ0) is 10.2. The largest absolute Gasteiger partial charge is 0.374 e. The van der Waals surface area contributed by atoms with Gasteiger partial charge in [-0.1, -0.05) is 38.3 Å². The Morgan fingerprint density at radius 1 is 1.50 bits per heavy atom. The minimum atomic E-state index is 0.836. The fourth-order valence-corrected chi connectivity index (χ4v) is 1.96. The second kappa shape index (κ2) is 6.69. The Hall–Kier alpha value is -0.720. The topological polar surface area (TPSA) is 3.24 Å². The molecule has 0 saturated carbocycles. The van der Waals surface area contributed by atoms with Gasteiger partial charge in [0.2, 0.25) is 0 Å². The van der Waals surface area contributed by atoms with Crippen molar-refractivity contribution in [3.63, 3.8) is 0 Å². The van der Waals surface area contributed by atoms with Gasteiger partial charge in [-0.2, -0.15) is 0 Å². The average Bonchev–Trinajstić information content (AvgIpc) is 2.21. The van der Waals surface area contributed by atoms with Gasteiger partial charge in [0.15, 0.2) is 0 Å². The Labute approximate surface area is 88.5 Å². The summed E-state index contributed by atoms with van der Waals surface area (Å²) >= 11 is 0. The highest BCUT2D eigenvalue weighted by atomic mass is 15.1. The van der Waals surface area contributed by atoms with Crippen molar-refractivity contribution in [1.82, 2.24) is 4.90 Å². The molecule has 0 N–H and O–H groups in total. The average molecular weight is 193 g/mol. The summed E-state index contributed by atoms with van der Waals surface area (Å²) in [5, 5.41) is 0. The Kier molecular flexibility index (Phi) is 5.43. The van der Waals surface area contributed by atoms with E-state index in [1.165, 1.54) is 38.6 Å². The number of allylic oxidation sites excluding steroid dienone is 1. The van der Waals surface area contributed by atoms with Crippen LogP contribution in [0.1, 0.15) is 39.0 Å². The van der Waals surface area contributed by atoms with Gasteiger partial charge < -0.3 is 4.90 Å². The number of hydrogen-bond acceptors (Lipinski definition) is 1. The van der Waals surface area contributed by atoms with Crippen molar-refractivity contribution in [3.05, 3.63) is 24.9 Å². The standard InChI is InChI=1S/C13H23N/c1-3-5-6-7-13-8-11-14(10-4-2)12-9-13/h4,8,11,13H,2-3,5-7,9-10,12H2,1H3. The molecule has 14 heavy (non-hydrogen) atoms. The van der Waals surface area contributed by atoms with Gasteiger partial charge in [-0.25, -0.2) is 0 Å². The minimum Gasteiger partial charge on any atom is -0.374 e. The normalized spacial score (nSPS) is 21.2. The zero-order valence-corrected chi connectivity index (χ0v) is 9.41. The van der Waals surface area contributed by atoms with Crippen LogP contribution in [0.25, 0.3) is 0 Å². The molecule has 0 radical (unpaired) electrons. The highest BCUT2D eigenvalue weighted by Crippen LogP contribution is 2.19. The van der Waals surface area contributed by atoms with E-state index in [0.29, 0.717) is 0 Å². The first kappa shape index (κ1) is 11.4. The Balaban J connectivity index is 2.18. The van der Waals surface area contributed by atoms with Crippen molar-refractivity contribution in [1.29, 1.82) is 0 Å². The highest BCUT2D eigenvalue weighted by Gasteiger charge is 2.11. The van der Waals surface area contributed by atoms with Crippen molar-refractivity contribution in [2.45, 2.75) is 39.0 Å². The van der Waals surface area contributed by atoms with Crippen LogP contribution in [-0.4, -0.2) is 18.0 Å². The molecule has 80 valence electrons. The van der Waals surface area contributed by atoms with E-state index in [2.05, 4.69) is 30.7 Å². The molecule has 1 aliphatic rings. The van der Waals surface area contributed by atoms with Crippen molar-refractivity contribution in [2.75, 3.05) is 13.1 Å². The molecular weight excluding hydrogens is 170 g/mol. The molecule has 0 aromatic heterocycles. The maximum absolute atomic E-state index is 3.76. The first-order chi connectivity index (χ1) is 6.86. The van der Waals surface area contributed by atoms with Crippen molar-refractivity contribution in [3.8, 4) is 0 Å². The molecule has 1 atom stereocenters. The van der Waals surface area contributed by atoms with Crippen LogP contribution >= 0.6 is 0 Å². The van der Waals surface area contributed by atoms with E-state index < -0.39 is 0 Å². The lowest BCUT2D eigenvalue weighted by atomic mass is 9.95. The summed E-state index contributed by atoms with van der Waals surface area (Å²) in [6.07, 6.45) is 13.4. The molecular formula is C13H23N. The van der Waals surface area contributed by atoms with E-state index in [9.17, 15) is 0 Å². The third-order valence-corrected chi connectivity index (χ3v) is 2.90. The van der Waals surface area contributed by atoms with Gasteiger partial charge >= 0.3 is 0 Å². The molecule has 0 spiro atoms. The zero-order valence-electron chi connectivity index (χ0n) is 9.41. The van der Waals surface area contributed by atoms with Crippen LogP contribution in [0, 0.1) is 5.92 Å². The van der Waals surface area contributed by atoms with Gasteiger partial charge in [0.25, 0.3) is 0 Å². The number of nitrogens with zero attached hydrogens (tertiary/aromatic N) is 1. The predicted octanol–water partition coefficient (Wildman–Crippen LogP) is 3.59. The lowest BCUT2D eigenvalue weighted by molar-refractivity contribution is 0.338. The molecule has 0 saturated heterocycles. The summed E-state index contributed by atoms with van der Waals surface area (Å²) in [5.74, 6) is 0.836. The van der Waals surface area contributed by atoms with Crippen LogP contribution in [0.15, 0.2) is 24.9 Å². The highest BCUT2D eigenvalue weighted by molar-refractivity contribution is 4.95. The maximum Gasteiger partial charge on any atom is 0.0351 e. The third kappa shape index (κ3) is 3.99. The Bertz CT molecular complexity index is 184. The molecule has 0 fully saturated rings. The molecule has 1 heteroatoms. The van der Waals surface area contributed by atoms with Crippen LogP contribution < -0.4 is 0 Å². The molecule has 1 aliphatic heterocycles. The fraction of sp³-hybridized carbons (Fsp3) is 0.692. The smallest absolute Gasteiger partial charge is 0.0351 e. The van der Waals surface area contributed by atoms with E-state index in [0.717, 1.165) is 12.5 Å². The number of rotatable bonds is 6. The van der Waals surface area contributed by atoms with Crippen LogP contribution in [0.2, 0.25) is 0 Å². The first-order valence-corrected chi connectivity index (χ1v) is 5.90. The first-order valence-electron chi connectivity index (χ1n) is 5.90. The van der Waals surface area contributed by atoms with E-state index in [4.69, 9.17) is 0 Å². The van der Waals surface area contributed by atoms with Crippen LogP contribution in [-0.2, 0) is 0 Å². The fourth-order valence-electron chi connectivity index (χ4n) is 1.96. The monoisotopic (exact) mass is 193 g/mol. The Morgan fingerprint density at radius 2 is 2.36 bits per heavy atom.